The fourth-order valence-corrected chi connectivity index (χ4v) is 2.79. The second kappa shape index (κ2) is 9.38. The molecule has 1 aromatic carbocycles. The van der Waals surface area contributed by atoms with Gasteiger partial charge in [-0.3, -0.25) is 14.2 Å². The predicted molar refractivity (Wildman–Crippen MR) is 110 cm³/mol. The van der Waals surface area contributed by atoms with Gasteiger partial charge in [0.1, 0.15) is 0 Å². The molecule has 3 rings (SSSR count). The third kappa shape index (κ3) is 4.90. The highest BCUT2D eigenvalue weighted by molar-refractivity contribution is 6.42. The smallest absolute Gasteiger partial charge is 0.251 e. The molecule has 3 N–H and O–H groups in total. The minimum absolute atomic E-state index is 0.224. The summed E-state index contributed by atoms with van der Waals surface area (Å²) in [5.41, 5.74) is 1.24. The lowest BCUT2D eigenvalue weighted by Gasteiger charge is -2.12. The largest absolute Gasteiger partial charge is 0.355 e. The second-order valence-corrected chi connectivity index (χ2v) is 6.60. The minimum Gasteiger partial charge on any atom is -0.355 e. The number of guanidine groups is 1. The molecule has 0 saturated heterocycles. The Hall–Kier alpha value is -2.84. The van der Waals surface area contributed by atoms with Gasteiger partial charge in [0, 0.05) is 31.9 Å². The van der Waals surface area contributed by atoms with Gasteiger partial charge >= 0.3 is 0 Å². The van der Waals surface area contributed by atoms with Gasteiger partial charge in [-0.1, -0.05) is 29.3 Å². The van der Waals surface area contributed by atoms with E-state index in [1.807, 2.05) is 28.8 Å². The van der Waals surface area contributed by atoms with E-state index in [1.54, 1.807) is 19.2 Å². The number of halogens is 2. The standard InChI is InChI=1S/C18H19Cl2N7O/c1-21-18(24-11-16-26-25-15-4-2-3-9-27(15)16)23-8-7-22-17(28)12-5-6-13(19)14(20)10-12/h2-6,9-10H,7-8,11H2,1H3,(H,22,28)(H2,21,23,24). The number of aliphatic imine (C=N–C) groups is 1. The topological polar surface area (TPSA) is 95.7 Å². The summed E-state index contributed by atoms with van der Waals surface area (Å²) in [6.07, 6.45) is 1.90. The van der Waals surface area contributed by atoms with Crippen molar-refractivity contribution in [2.75, 3.05) is 20.1 Å². The van der Waals surface area contributed by atoms with E-state index in [9.17, 15) is 4.79 Å². The molecule has 146 valence electrons. The van der Waals surface area contributed by atoms with E-state index < -0.39 is 0 Å². The molecule has 0 fully saturated rings. The minimum atomic E-state index is -0.224. The first-order valence-corrected chi connectivity index (χ1v) is 9.30. The van der Waals surface area contributed by atoms with Crippen LogP contribution in [0, 0.1) is 0 Å². The molecule has 0 unspecified atom stereocenters. The van der Waals surface area contributed by atoms with Gasteiger partial charge in [-0.2, -0.15) is 0 Å². The number of pyridine rings is 1. The molecule has 3 aromatic rings. The van der Waals surface area contributed by atoms with Gasteiger partial charge in [0.2, 0.25) is 0 Å². The van der Waals surface area contributed by atoms with Crippen molar-refractivity contribution in [2.24, 2.45) is 4.99 Å². The fraction of sp³-hybridized carbons (Fsp3) is 0.222. The number of nitrogens with zero attached hydrogens (tertiary/aromatic N) is 4. The zero-order valence-electron chi connectivity index (χ0n) is 15.1. The van der Waals surface area contributed by atoms with Crippen LogP contribution in [0.1, 0.15) is 16.2 Å². The number of rotatable bonds is 6. The first kappa shape index (κ1) is 19.9. The van der Waals surface area contributed by atoms with E-state index in [4.69, 9.17) is 23.2 Å². The SMILES string of the molecule is CN=C(NCCNC(=O)c1ccc(Cl)c(Cl)c1)NCc1nnc2ccccn12. The summed E-state index contributed by atoms with van der Waals surface area (Å²) < 4.78 is 1.90. The van der Waals surface area contributed by atoms with Crippen LogP contribution < -0.4 is 16.0 Å². The molecule has 0 atom stereocenters. The van der Waals surface area contributed by atoms with Gasteiger partial charge < -0.3 is 16.0 Å². The number of amides is 1. The number of fused-ring (bicyclic) bond motifs is 1. The Kier molecular flexibility index (Phi) is 6.67. The molecule has 0 bridgehead atoms. The summed E-state index contributed by atoms with van der Waals surface area (Å²) in [6.45, 7) is 1.36. The molecule has 1 amide bonds. The lowest BCUT2D eigenvalue weighted by atomic mass is 10.2. The number of carbonyl (C=O) groups excluding carboxylic acids is 1. The van der Waals surface area contributed by atoms with Gasteiger partial charge in [-0.15, -0.1) is 10.2 Å². The fourth-order valence-electron chi connectivity index (χ4n) is 2.49. The number of benzene rings is 1. The highest BCUT2D eigenvalue weighted by Gasteiger charge is 2.08. The maximum absolute atomic E-state index is 12.1. The molecule has 10 heteroatoms. The van der Waals surface area contributed by atoms with Crippen molar-refractivity contribution in [1.29, 1.82) is 0 Å². The first-order chi connectivity index (χ1) is 13.6. The number of nitrogens with one attached hydrogen (secondary N) is 3. The molecule has 0 saturated carbocycles. The van der Waals surface area contributed by atoms with Crippen LogP contribution in [0.5, 0.6) is 0 Å². The van der Waals surface area contributed by atoms with Crippen LogP contribution >= 0.6 is 23.2 Å². The zero-order valence-corrected chi connectivity index (χ0v) is 16.6. The van der Waals surface area contributed by atoms with Crippen LogP contribution in [-0.2, 0) is 6.54 Å². The van der Waals surface area contributed by atoms with Crippen LogP contribution in [0.25, 0.3) is 5.65 Å². The van der Waals surface area contributed by atoms with Gasteiger partial charge in [0.05, 0.1) is 16.6 Å². The second-order valence-electron chi connectivity index (χ2n) is 5.78. The highest BCUT2D eigenvalue weighted by Crippen LogP contribution is 2.22. The van der Waals surface area contributed by atoms with Crippen molar-refractivity contribution in [1.82, 2.24) is 30.5 Å². The molecule has 2 aromatic heterocycles. The average Bonchev–Trinajstić information content (AvgIpc) is 3.12. The van der Waals surface area contributed by atoms with Crippen molar-refractivity contribution in [2.45, 2.75) is 6.54 Å². The van der Waals surface area contributed by atoms with E-state index in [-0.39, 0.29) is 5.91 Å². The molecule has 0 spiro atoms. The van der Waals surface area contributed by atoms with Crippen LogP contribution in [0.4, 0.5) is 0 Å². The molecule has 0 radical (unpaired) electrons. The summed E-state index contributed by atoms with van der Waals surface area (Å²) in [4.78, 5) is 16.3. The lowest BCUT2D eigenvalue weighted by molar-refractivity contribution is 0.0954. The number of carbonyl (C=O) groups is 1. The van der Waals surface area contributed by atoms with Crippen molar-refractivity contribution in [3.05, 3.63) is 64.0 Å². The van der Waals surface area contributed by atoms with Gasteiger partial charge in [-0.25, -0.2) is 0 Å². The predicted octanol–water partition coefficient (Wildman–Crippen LogP) is 2.13. The Bertz CT molecular complexity index is 1000. The van der Waals surface area contributed by atoms with Crippen molar-refractivity contribution in [3.63, 3.8) is 0 Å². The van der Waals surface area contributed by atoms with Gasteiger partial charge in [0.25, 0.3) is 5.91 Å². The zero-order chi connectivity index (χ0) is 19.9. The third-order valence-electron chi connectivity index (χ3n) is 3.91. The summed E-state index contributed by atoms with van der Waals surface area (Å²) in [7, 11) is 1.67. The normalized spacial score (nSPS) is 11.5. The Morgan fingerprint density at radius 1 is 1.07 bits per heavy atom. The monoisotopic (exact) mass is 419 g/mol. The van der Waals surface area contributed by atoms with Crippen molar-refractivity contribution >= 4 is 40.7 Å². The van der Waals surface area contributed by atoms with Gasteiger partial charge in [-0.05, 0) is 30.3 Å². The summed E-state index contributed by atoms with van der Waals surface area (Å²) in [5, 5.41) is 18.1. The maximum atomic E-state index is 12.1. The van der Waals surface area contributed by atoms with E-state index in [2.05, 4.69) is 31.1 Å². The number of aromatic nitrogens is 3. The lowest BCUT2D eigenvalue weighted by Crippen LogP contribution is -2.41. The van der Waals surface area contributed by atoms with Crippen molar-refractivity contribution in [3.8, 4) is 0 Å². The van der Waals surface area contributed by atoms with E-state index in [0.717, 1.165) is 11.5 Å². The summed E-state index contributed by atoms with van der Waals surface area (Å²) >= 11 is 11.8. The quantitative estimate of drug-likeness (QED) is 0.323. The van der Waals surface area contributed by atoms with E-state index in [1.165, 1.54) is 6.07 Å². The number of hydrogen-bond donors (Lipinski definition) is 3. The van der Waals surface area contributed by atoms with Gasteiger partial charge in [0.15, 0.2) is 17.4 Å². The Labute approximate surface area is 172 Å². The average molecular weight is 420 g/mol. The molecule has 2 heterocycles. The van der Waals surface area contributed by atoms with E-state index in [0.29, 0.717) is 41.2 Å². The molecule has 0 aliphatic heterocycles. The molecule has 0 aliphatic carbocycles. The van der Waals surface area contributed by atoms with E-state index >= 15 is 0 Å². The molecule has 8 nitrogen and oxygen atoms in total. The Morgan fingerprint density at radius 2 is 1.89 bits per heavy atom. The van der Waals surface area contributed by atoms with Crippen LogP contribution in [0.15, 0.2) is 47.6 Å². The first-order valence-electron chi connectivity index (χ1n) is 8.55. The molecule has 0 aliphatic rings. The van der Waals surface area contributed by atoms with Crippen molar-refractivity contribution < 1.29 is 4.79 Å². The van der Waals surface area contributed by atoms with Crippen LogP contribution in [-0.4, -0.2) is 46.6 Å². The molecular weight excluding hydrogens is 401 g/mol. The Balaban J connectivity index is 1.44. The van der Waals surface area contributed by atoms with Crippen LogP contribution in [0.3, 0.4) is 0 Å². The summed E-state index contributed by atoms with van der Waals surface area (Å²) in [5.74, 6) is 1.14. The molecular formula is C18H19Cl2N7O. The molecule has 28 heavy (non-hydrogen) atoms. The Morgan fingerprint density at radius 3 is 2.68 bits per heavy atom. The summed E-state index contributed by atoms with van der Waals surface area (Å²) in [6, 6.07) is 10.5. The maximum Gasteiger partial charge on any atom is 0.251 e. The van der Waals surface area contributed by atoms with Crippen LogP contribution in [0.2, 0.25) is 10.0 Å². The highest BCUT2D eigenvalue weighted by atomic mass is 35.5. The third-order valence-corrected chi connectivity index (χ3v) is 4.65. The number of hydrogen-bond acceptors (Lipinski definition) is 4.